The van der Waals surface area contributed by atoms with Crippen LogP contribution in [0.1, 0.15) is 24.6 Å². The van der Waals surface area contributed by atoms with Crippen LogP contribution in [0.15, 0.2) is 17.1 Å². The average Bonchev–Trinajstić information content (AvgIpc) is 2.65. The predicted octanol–water partition coefficient (Wildman–Crippen LogP) is 2.65. The van der Waals surface area contributed by atoms with Gasteiger partial charge < -0.3 is 11.1 Å². The van der Waals surface area contributed by atoms with Crippen molar-refractivity contribution in [3.8, 4) is 0 Å². The Morgan fingerprint density at radius 3 is 3.00 bits per heavy atom. The Morgan fingerprint density at radius 1 is 1.56 bits per heavy atom. The van der Waals surface area contributed by atoms with E-state index in [0.717, 1.165) is 36.7 Å². The molecule has 0 amide bonds. The number of halogens is 1. The van der Waals surface area contributed by atoms with Crippen LogP contribution in [0.4, 0.5) is 0 Å². The number of nitrogens with two attached hydrogens (primary N) is 1. The maximum atomic E-state index is 5.84. The molecule has 0 aliphatic rings. The Balaban J connectivity index is 2.17. The second-order valence-corrected chi connectivity index (χ2v) is 5.30. The summed E-state index contributed by atoms with van der Waals surface area (Å²) in [5.41, 5.74) is 5.70. The smallest absolute Gasteiger partial charge is 0.188 e. The van der Waals surface area contributed by atoms with Crippen molar-refractivity contribution in [2.24, 2.45) is 10.7 Å². The van der Waals surface area contributed by atoms with Crippen LogP contribution in [0.5, 0.6) is 0 Å². The Morgan fingerprint density at radius 2 is 2.38 bits per heavy atom. The van der Waals surface area contributed by atoms with E-state index in [4.69, 9.17) is 17.3 Å². The third kappa shape index (κ3) is 5.37. The van der Waals surface area contributed by atoms with Crippen molar-refractivity contribution in [2.75, 3.05) is 13.1 Å². The Bertz CT molecular complexity index is 336. The van der Waals surface area contributed by atoms with Crippen LogP contribution in [0, 0.1) is 0 Å². The van der Waals surface area contributed by atoms with Crippen molar-refractivity contribution < 1.29 is 0 Å². The molecule has 16 heavy (non-hydrogen) atoms. The number of thiophene rings is 1. The molecule has 0 atom stereocenters. The maximum absolute atomic E-state index is 5.84. The van der Waals surface area contributed by atoms with E-state index in [-0.39, 0.29) is 0 Å². The lowest BCUT2D eigenvalue weighted by Gasteiger charge is -2.03. The third-order valence-electron chi connectivity index (χ3n) is 2.10. The topological polar surface area (TPSA) is 50.4 Å². The number of nitrogens with zero attached hydrogens (tertiary/aromatic N) is 1. The number of nitrogens with one attached hydrogen (secondary N) is 1. The van der Waals surface area contributed by atoms with E-state index in [9.17, 15) is 0 Å². The molecule has 0 aliphatic heterocycles. The standard InChI is InChI=1S/C11H18ClN3S/c1-2-3-7-14-11(13)15-8-6-9-4-5-10(12)16-9/h4-5H,2-3,6-8H2,1H3,(H3,13,14,15). The molecule has 1 aromatic rings. The van der Waals surface area contributed by atoms with Crippen molar-refractivity contribution in [3.63, 3.8) is 0 Å². The first-order valence-electron chi connectivity index (χ1n) is 5.50. The average molecular weight is 260 g/mol. The normalized spacial score (nSPS) is 11.8. The fraction of sp³-hybridized carbons (Fsp3) is 0.545. The lowest BCUT2D eigenvalue weighted by molar-refractivity contribution is 0.792. The summed E-state index contributed by atoms with van der Waals surface area (Å²) in [6.07, 6.45) is 3.16. The fourth-order valence-electron chi connectivity index (χ4n) is 1.21. The zero-order chi connectivity index (χ0) is 11.8. The molecule has 0 saturated heterocycles. The van der Waals surface area contributed by atoms with Crippen molar-refractivity contribution in [1.82, 2.24) is 5.32 Å². The van der Waals surface area contributed by atoms with Gasteiger partial charge in [0, 0.05) is 18.0 Å². The van der Waals surface area contributed by atoms with E-state index in [1.54, 1.807) is 11.3 Å². The van der Waals surface area contributed by atoms with Gasteiger partial charge in [-0.15, -0.1) is 11.3 Å². The molecule has 0 fully saturated rings. The van der Waals surface area contributed by atoms with E-state index in [1.807, 2.05) is 12.1 Å². The van der Waals surface area contributed by atoms with E-state index in [1.165, 1.54) is 4.88 Å². The van der Waals surface area contributed by atoms with Gasteiger partial charge in [-0.2, -0.15) is 0 Å². The number of guanidine groups is 1. The monoisotopic (exact) mass is 259 g/mol. The zero-order valence-corrected chi connectivity index (χ0v) is 11.1. The molecule has 0 radical (unpaired) electrons. The summed E-state index contributed by atoms with van der Waals surface area (Å²) in [5, 5.41) is 3.09. The largest absolute Gasteiger partial charge is 0.370 e. The van der Waals surface area contributed by atoms with Crippen molar-refractivity contribution >= 4 is 28.9 Å². The molecule has 0 bridgehead atoms. The summed E-state index contributed by atoms with van der Waals surface area (Å²) in [6, 6.07) is 3.96. The summed E-state index contributed by atoms with van der Waals surface area (Å²) in [4.78, 5) is 5.47. The molecule has 1 rings (SSSR count). The molecule has 3 N–H and O–H groups in total. The van der Waals surface area contributed by atoms with Gasteiger partial charge in [-0.1, -0.05) is 24.9 Å². The third-order valence-corrected chi connectivity index (χ3v) is 3.39. The molecular weight excluding hydrogens is 242 g/mol. The minimum Gasteiger partial charge on any atom is -0.370 e. The highest BCUT2D eigenvalue weighted by Crippen LogP contribution is 2.21. The summed E-state index contributed by atoms with van der Waals surface area (Å²) < 4.78 is 0.833. The summed E-state index contributed by atoms with van der Waals surface area (Å²) in [7, 11) is 0. The van der Waals surface area contributed by atoms with Crippen LogP contribution in [0.2, 0.25) is 4.34 Å². The van der Waals surface area contributed by atoms with Gasteiger partial charge in [0.05, 0.1) is 4.34 Å². The van der Waals surface area contributed by atoms with Crippen LogP contribution >= 0.6 is 22.9 Å². The summed E-state index contributed by atoms with van der Waals surface area (Å²) in [5.74, 6) is 0.538. The van der Waals surface area contributed by atoms with Gasteiger partial charge >= 0.3 is 0 Å². The summed E-state index contributed by atoms with van der Waals surface area (Å²) in [6.45, 7) is 3.75. The Hall–Kier alpha value is -0.740. The van der Waals surface area contributed by atoms with Gasteiger partial charge in [-0.05, 0) is 25.0 Å². The number of hydrogen-bond donors (Lipinski definition) is 2. The van der Waals surface area contributed by atoms with Crippen LogP contribution in [-0.2, 0) is 6.42 Å². The molecule has 5 heteroatoms. The van der Waals surface area contributed by atoms with Crippen LogP contribution in [0.25, 0.3) is 0 Å². The lowest BCUT2D eigenvalue weighted by Crippen LogP contribution is -2.33. The molecule has 0 saturated carbocycles. The molecule has 0 spiro atoms. The van der Waals surface area contributed by atoms with E-state index in [0.29, 0.717) is 5.96 Å². The molecule has 90 valence electrons. The second-order valence-electron chi connectivity index (χ2n) is 3.50. The lowest BCUT2D eigenvalue weighted by atomic mass is 10.3. The van der Waals surface area contributed by atoms with Crippen molar-refractivity contribution in [3.05, 3.63) is 21.3 Å². The van der Waals surface area contributed by atoms with E-state index < -0.39 is 0 Å². The first-order valence-corrected chi connectivity index (χ1v) is 6.70. The van der Waals surface area contributed by atoms with Gasteiger partial charge in [0.1, 0.15) is 0 Å². The first kappa shape index (κ1) is 13.3. The van der Waals surface area contributed by atoms with Crippen LogP contribution < -0.4 is 11.1 Å². The van der Waals surface area contributed by atoms with Crippen molar-refractivity contribution in [2.45, 2.75) is 26.2 Å². The first-order chi connectivity index (χ1) is 7.72. The molecule has 1 heterocycles. The summed E-state index contributed by atoms with van der Waals surface area (Å²) >= 11 is 7.44. The molecule has 0 unspecified atom stereocenters. The number of unbranched alkanes of at least 4 members (excludes halogenated alkanes) is 1. The Labute approximate surface area is 106 Å². The van der Waals surface area contributed by atoms with E-state index >= 15 is 0 Å². The highest BCUT2D eigenvalue weighted by Gasteiger charge is 1.98. The van der Waals surface area contributed by atoms with Gasteiger partial charge in [0.15, 0.2) is 5.96 Å². The highest BCUT2D eigenvalue weighted by molar-refractivity contribution is 7.16. The number of aliphatic imine (C=N–C) groups is 1. The Kier molecular flexibility index (Phi) is 6.26. The fourth-order valence-corrected chi connectivity index (χ4v) is 2.30. The van der Waals surface area contributed by atoms with Crippen molar-refractivity contribution in [1.29, 1.82) is 0 Å². The molecule has 3 nitrogen and oxygen atoms in total. The van der Waals surface area contributed by atoms with Crippen LogP contribution in [0.3, 0.4) is 0 Å². The highest BCUT2D eigenvalue weighted by atomic mass is 35.5. The SMILES string of the molecule is CCCCN=C(N)NCCc1ccc(Cl)s1. The van der Waals surface area contributed by atoms with Gasteiger partial charge in [0.2, 0.25) is 0 Å². The quantitative estimate of drug-likeness (QED) is 0.469. The van der Waals surface area contributed by atoms with Gasteiger partial charge in [-0.25, -0.2) is 0 Å². The zero-order valence-electron chi connectivity index (χ0n) is 9.50. The minimum atomic E-state index is 0.538. The minimum absolute atomic E-state index is 0.538. The van der Waals surface area contributed by atoms with Gasteiger partial charge in [-0.3, -0.25) is 4.99 Å². The molecular formula is C11H18ClN3S. The van der Waals surface area contributed by atoms with Gasteiger partial charge in [0.25, 0.3) is 0 Å². The predicted molar refractivity (Wildman–Crippen MR) is 72.4 cm³/mol. The number of rotatable bonds is 6. The van der Waals surface area contributed by atoms with E-state index in [2.05, 4.69) is 17.2 Å². The maximum Gasteiger partial charge on any atom is 0.188 e. The molecule has 0 aromatic carbocycles. The molecule has 1 aromatic heterocycles. The number of hydrogen-bond acceptors (Lipinski definition) is 2. The van der Waals surface area contributed by atoms with Crippen LogP contribution in [-0.4, -0.2) is 19.0 Å². The second kappa shape index (κ2) is 7.52. The molecule has 0 aliphatic carbocycles.